The van der Waals surface area contributed by atoms with Crippen molar-refractivity contribution in [1.82, 2.24) is 20.5 Å². The van der Waals surface area contributed by atoms with Gasteiger partial charge < -0.3 is 40.4 Å². The van der Waals surface area contributed by atoms with Gasteiger partial charge in [-0.25, -0.2) is 4.79 Å². The molecule has 0 aliphatic rings. The molecule has 0 aliphatic carbocycles. The molecular formula is C28H33N5O7. The van der Waals surface area contributed by atoms with Gasteiger partial charge in [0, 0.05) is 26.3 Å². The fourth-order valence-corrected chi connectivity index (χ4v) is 3.92. The van der Waals surface area contributed by atoms with Crippen molar-refractivity contribution in [1.29, 1.82) is 0 Å². The molecule has 5 N–H and O–H groups in total. The Balaban J connectivity index is 1.55. The van der Waals surface area contributed by atoms with Crippen molar-refractivity contribution < 1.29 is 33.8 Å². The van der Waals surface area contributed by atoms with Gasteiger partial charge in [0.2, 0.25) is 5.91 Å². The maximum absolute atomic E-state index is 12.8. The lowest BCUT2D eigenvalue weighted by Crippen LogP contribution is -2.46. The molecule has 0 fully saturated rings. The molecule has 2 atom stereocenters. The molecule has 12 heteroatoms. The molecule has 0 radical (unpaired) electrons. The lowest BCUT2D eigenvalue weighted by molar-refractivity contribution is -0.138. The molecule has 212 valence electrons. The number of methoxy groups -OCH3 is 2. The van der Waals surface area contributed by atoms with Crippen LogP contribution in [0.1, 0.15) is 34.5 Å². The highest BCUT2D eigenvalue weighted by Gasteiger charge is 2.25. The predicted molar refractivity (Wildman–Crippen MR) is 148 cm³/mol. The Bertz CT molecular complexity index is 1360. The van der Waals surface area contributed by atoms with Crippen LogP contribution in [0.5, 0.6) is 11.5 Å². The molecule has 0 aliphatic heterocycles. The minimum Gasteiger partial charge on any atom is -0.493 e. The monoisotopic (exact) mass is 551 g/mol. The quantitative estimate of drug-likeness (QED) is 0.231. The first-order chi connectivity index (χ1) is 19.1. The van der Waals surface area contributed by atoms with Crippen molar-refractivity contribution >= 4 is 29.5 Å². The van der Waals surface area contributed by atoms with Crippen LogP contribution in [0.25, 0.3) is 0 Å². The fourth-order valence-electron chi connectivity index (χ4n) is 3.92. The van der Waals surface area contributed by atoms with E-state index in [0.29, 0.717) is 29.3 Å². The van der Waals surface area contributed by atoms with Crippen LogP contribution < -0.4 is 30.7 Å². The number of carboxylic acid groups (broad SMARTS) is 1. The van der Waals surface area contributed by atoms with E-state index < -0.39 is 35.8 Å². The van der Waals surface area contributed by atoms with E-state index in [-0.39, 0.29) is 12.2 Å². The van der Waals surface area contributed by atoms with Crippen LogP contribution in [0.4, 0.5) is 10.5 Å². The topological polar surface area (TPSA) is 160 Å². The average Bonchev–Trinajstić information content (AvgIpc) is 3.31. The van der Waals surface area contributed by atoms with E-state index in [4.69, 9.17) is 9.47 Å². The number of ether oxygens (including phenoxy) is 2. The Morgan fingerprint density at radius 3 is 2.30 bits per heavy atom. The first-order valence-electron chi connectivity index (χ1n) is 12.4. The van der Waals surface area contributed by atoms with E-state index in [1.54, 1.807) is 25.4 Å². The molecule has 0 saturated heterocycles. The van der Waals surface area contributed by atoms with Crippen LogP contribution >= 0.6 is 0 Å². The number of aromatic nitrogens is 1. The summed E-state index contributed by atoms with van der Waals surface area (Å²) in [6.45, 7) is 1.62. The first-order valence-corrected chi connectivity index (χ1v) is 12.4. The van der Waals surface area contributed by atoms with Crippen molar-refractivity contribution in [2.24, 2.45) is 7.05 Å². The number of aliphatic carboxylic acids is 1. The minimum atomic E-state index is -1.14. The predicted octanol–water partition coefficient (Wildman–Crippen LogP) is 2.47. The third-order valence-corrected chi connectivity index (χ3v) is 6.12. The lowest BCUT2D eigenvalue weighted by atomic mass is 9.98. The van der Waals surface area contributed by atoms with E-state index in [1.165, 1.54) is 37.8 Å². The Kier molecular flexibility index (Phi) is 10.1. The zero-order chi connectivity index (χ0) is 29.2. The Morgan fingerprint density at radius 2 is 1.65 bits per heavy atom. The average molecular weight is 552 g/mol. The number of nitrogens with one attached hydrogen (secondary N) is 4. The number of carbonyl (C=O) groups excluding carboxylic acids is 3. The Labute approximate surface area is 231 Å². The first kappa shape index (κ1) is 29.6. The second kappa shape index (κ2) is 13.7. The number of carboxylic acids is 1. The van der Waals surface area contributed by atoms with Crippen molar-refractivity contribution in [3.63, 3.8) is 0 Å². The summed E-state index contributed by atoms with van der Waals surface area (Å²) in [5.41, 5.74) is 1.97. The van der Waals surface area contributed by atoms with E-state index in [1.807, 2.05) is 30.3 Å². The summed E-state index contributed by atoms with van der Waals surface area (Å²) >= 11 is 0. The van der Waals surface area contributed by atoms with Crippen LogP contribution in [0.2, 0.25) is 0 Å². The van der Waals surface area contributed by atoms with Crippen LogP contribution in [-0.4, -0.2) is 60.3 Å². The summed E-state index contributed by atoms with van der Waals surface area (Å²) in [5, 5.41) is 20.3. The van der Waals surface area contributed by atoms with Gasteiger partial charge in [-0.1, -0.05) is 36.4 Å². The van der Waals surface area contributed by atoms with Gasteiger partial charge in [0.15, 0.2) is 11.5 Å². The molecule has 40 heavy (non-hydrogen) atoms. The highest BCUT2D eigenvalue weighted by Crippen LogP contribution is 2.30. The summed E-state index contributed by atoms with van der Waals surface area (Å²) < 4.78 is 11.9. The maximum Gasteiger partial charge on any atom is 0.319 e. The summed E-state index contributed by atoms with van der Waals surface area (Å²) in [4.78, 5) is 49.7. The fraction of sp³-hybridized carbons (Fsp3) is 0.286. The largest absolute Gasteiger partial charge is 0.493 e. The molecule has 1 unspecified atom stereocenters. The van der Waals surface area contributed by atoms with E-state index >= 15 is 0 Å². The van der Waals surface area contributed by atoms with Gasteiger partial charge in [-0.15, -0.1) is 0 Å². The maximum atomic E-state index is 12.8. The highest BCUT2D eigenvalue weighted by atomic mass is 16.5. The minimum absolute atomic E-state index is 0.208. The summed E-state index contributed by atoms with van der Waals surface area (Å²) in [7, 11) is 4.54. The smallest absolute Gasteiger partial charge is 0.319 e. The van der Waals surface area contributed by atoms with Crippen molar-refractivity contribution in [3.05, 3.63) is 77.6 Å². The molecule has 4 amide bonds. The van der Waals surface area contributed by atoms with Gasteiger partial charge in [-0.2, -0.15) is 0 Å². The normalized spacial score (nSPS) is 12.0. The highest BCUT2D eigenvalue weighted by molar-refractivity contribution is 5.98. The number of hydrogen-bond acceptors (Lipinski definition) is 6. The van der Waals surface area contributed by atoms with Gasteiger partial charge in [-0.05, 0) is 36.2 Å². The van der Waals surface area contributed by atoms with Crippen molar-refractivity contribution in [3.8, 4) is 11.5 Å². The number of aryl methyl sites for hydroxylation is 1. The van der Waals surface area contributed by atoms with Crippen LogP contribution in [-0.2, 0) is 23.2 Å². The molecule has 0 bridgehead atoms. The van der Waals surface area contributed by atoms with Gasteiger partial charge in [-0.3, -0.25) is 14.4 Å². The summed E-state index contributed by atoms with van der Waals surface area (Å²) in [6.07, 6.45) is 1.57. The van der Waals surface area contributed by atoms with Gasteiger partial charge in [0.05, 0.1) is 25.8 Å². The molecular weight excluding hydrogens is 518 g/mol. The second-order valence-corrected chi connectivity index (χ2v) is 8.96. The number of benzene rings is 2. The van der Waals surface area contributed by atoms with Gasteiger partial charge in [0.25, 0.3) is 5.91 Å². The SMILES string of the molecule is COc1ccc(C(CNC(=O)[C@@H](C)NC(=O)c2cc(NC(=O)NCc3ccccc3)cn2C)C(=O)O)cc1OC. The Morgan fingerprint density at radius 1 is 0.950 bits per heavy atom. The van der Waals surface area contributed by atoms with Crippen molar-refractivity contribution in [2.45, 2.75) is 25.4 Å². The third kappa shape index (κ3) is 7.76. The van der Waals surface area contributed by atoms with Crippen LogP contribution in [0.15, 0.2) is 60.8 Å². The summed E-state index contributed by atoms with van der Waals surface area (Å²) in [6, 6.07) is 14.2. The number of urea groups is 1. The van der Waals surface area contributed by atoms with Crippen LogP contribution in [0.3, 0.4) is 0 Å². The number of nitrogens with zero attached hydrogens (tertiary/aromatic N) is 1. The zero-order valence-electron chi connectivity index (χ0n) is 22.7. The van der Waals surface area contributed by atoms with Gasteiger partial charge in [0.1, 0.15) is 11.7 Å². The molecule has 0 spiro atoms. The molecule has 12 nitrogen and oxygen atoms in total. The van der Waals surface area contributed by atoms with E-state index in [2.05, 4.69) is 21.3 Å². The Hall–Kier alpha value is -5.00. The standard InChI is InChI=1S/C28H33N5O7/c1-17(25(34)29-15-21(27(36)37)19-10-11-23(39-3)24(12-19)40-4)31-26(35)22-13-20(16-33(22)2)32-28(38)30-14-18-8-6-5-7-9-18/h5-13,16-17,21H,14-15H2,1-4H3,(H,29,34)(H,31,35)(H,36,37)(H2,30,32,38)/t17-,21?/m1/s1. The number of amides is 4. The number of hydrogen-bond donors (Lipinski definition) is 5. The zero-order valence-corrected chi connectivity index (χ0v) is 22.7. The third-order valence-electron chi connectivity index (χ3n) is 6.12. The second-order valence-electron chi connectivity index (χ2n) is 8.96. The molecule has 2 aromatic carbocycles. The molecule has 1 aromatic heterocycles. The van der Waals surface area contributed by atoms with Crippen molar-refractivity contribution in [2.75, 3.05) is 26.1 Å². The van der Waals surface area contributed by atoms with E-state index in [0.717, 1.165) is 5.56 Å². The van der Waals surface area contributed by atoms with Gasteiger partial charge >= 0.3 is 12.0 Å². The molecule has 0 saturated carbocycles. The number of carbonyl (C=O) groups is 4. The lowest BCUT2D eigenvalue weighted by Gasteiger charge is -2.18. The molecule has 3 aromatic rings. The van der Waals surface area contributed by atoms with E-state index in [9.17, 15) is 24.3 Å². The van der Waals surface area contributed by atoms with Crippen LogP contribution in [0, 0.1) is 0 Å². The summed E-state index contributed by atoms with van der Waals surface area (Å²) in [5.74, 6) is -2.49. The molecule has 1 heterocycles. The number of anilines is 1. The number of rotatable bonds is 12. The molecule has 3 rings (SSSR count).